The Labute approximate surface area is 153 Å². The number of nitrogens with one attached hydrogen (secondary N) is 2. The molecule has 2 aromatic carbocycles. The highest BCUT2D eigenvalue weighted by Crippen LogP contribution is 2.23. The summed E-state index contributed by atoms with van der Waals surface area (Å²) >= 11 is 0. The molecular weight excluding hydrogens is 326 g/mol. The predicted octanol–water partition coefficient (Wildman–Crippen LogP) is 5.07. The van der Waals surface area contributed by atoms with Crippen LogP contribution in [-0.4, -0.2) is 11.0 Å². The zero-order valence-electron chi connectivity index (χ0n) is 14.8. The van der Waals surface area contributed by atoms with E-state index in [-0.39, 0.29) is 12.1 Å². The lowest BCUT2D eigenvalue weighted by molar-refractivity contribution is 0.249. The van der Waals surface area contributed by atoms with Crippen LogP contribution in [0, 0.1) is 6.92 Å². The number of aryl methyl sites for hydroxylation is 1. The number of benzene rings is 2. The van der Waals surface area contributed by atoms with Crippen molar-refractivity contribution in [3.8, 4) is 11.5 Å². The maximum Gasteiger partial charge on any atom is 0.319 e. The van der Waals surface area contributed by atoms with Crippen molar-refractivity contribution >= 4 is 11.7 Å². The van der Waals surface area contributed by atoms with E-state index < -0.39 is 0 Å². The fourth-order valence-corrected chi connectivity index (χ4v) is 2.52. The maximum absolute atomic E-state index is 12.1. The normalized spacial score (nSPS) is 11.5. The largest absolute Gasteiger partial charge is 0.457 e. The van der Waals surface area contributed by atoms with Gasteiger partial charge in [0.05, 0.1) is 6.04 Å². The van der Waals surface area contributed by atoms with E-state index in [1.165, 1.54) is 0 Å². The number of aromatic nitrogens is 1. The number of urea groups is 1. The van der Waals surface area contributed by atoms with E-state index in [0.29, 0.717) is 11.4 Å². The van der Waals surface area contributed by atoms with Gasteiger partial charge in [0.25, 0.3) is 0 Å². The van der Waals surface area contributed by atoms with Gasteiger partial charge in [-0.1, -0.05) is 12.1 Å². The van der Waals surface area contributed by atoms with Crippen LogP contribution in [0.3, 0.4) is 0 Å². The molecule has 5 heteroatoms. The van der Waals surface area contributed by atoms with Crippen molar-refractivity contribution in [3.05, 3.63) is 84.2 Å². The van der Waals surface area contributed by atoms with E-state index in [9.17, 15) is 4.79 Å². The molecule has 0 bridgehead atoms. The number of anilines is 1. The number of hydrogen-bond acceptors (Lipinski definition) is 3. The Morgan fingerprint density at radius 2 is 1.73 bits per heavy atom. The third kappa shape index (κ3) is 4.83. The first-order chi connectivity index (χ1) is 12.6. The Morgan fingerprint density at radius 1 is 1.00 bits per heavy atom. The molecule has 0 fully saturated rings. The first kappa shape index (κ1) is 17.5. The fourth-order valence-electron chi connectivity index (χ4n) is 2.52. The van der Waals surface area contributed by atoms with Gasteiger partial charge >= 0.3 is 6.03 Å². The average molecular weight is 347 g/mol. The first-order valence-corrected chi connectivity index (χ1v) is 8.42. The first-order valence-electron chi connectivity index (χ1n) is 8.42. The van der Waals surface area contributed by atoms with Crippen LogP contribution in [0.2, 0.25) is 0 Å². The summed E-state index contributed by atoms with van der Waals surface area (Å²) in [7, 11) is 0. The molecular formula is C21H21N3O2. The van der Waals surface area contributed by atoms with Crippen LogP contribution in [0.15, 0.2) is 73.1 Å². The zero-order chi connectivity index (χ0) is 18.4. The number of rotatable bonds is 5. The standard InChI is InChI=1S/C21H21N3O2/c1-15-4-3-5-20(14-15)26-19-8-6-18(7-9-19)24-21(25)23-16(2)17-10-12-22-13-11-17/h3-14,16H,1-2H3,(H2,23,24,25). The number of amides is 2. The second-order valence-corrected chi connectivity index (χ2v) is 6.04. The smallest absolute Gasteiger partial charge is 0.319 e. The van der Waals surface area contributed by atoms with Gasteiger partial charge in [-0.05, 0) is 73.5 Å². The Balaban J connectivity index is 1.56. The summed E-state index contributed by atoms with van der Waals surface area (Å²) in [6.45, 7) is 3.94. The van der Waals surface area contributed by atoms with Crippen LogP contribution in [-0.2, 0) is 0 Å². The molecule has 0 aliphatic heterocycles. The van der Waals surface area contributed by atoms with Crippen molar-refractivity contribution in [3.63, 3.8) is 0 Å². The van der Waals surface area contributed by atoms with E-state index in [0.717, 1.165) is 16.9 Å². The summed E-state index contributed by atoms with van der Waals surface area (Å²) in [5, 5.41) is 5.72. The number of hydrogen-bond donors (Lipinski definition) is 2. The molecule has 1 atom stereocenters. The van der Waals surface area contributed by atoms with Gasteiger partial charge in [-0.2, -0.15) is 0 Å². The highest BCUT2D eigenvalue weighted by atomic mass is 16.5. The molecule has 5 nitrogen and oxygen atoms in total. The van der Waals surface area contributed by atoms with Gasteiger partial charge in [0.1, 0.15) is 11.5 Å². The van der Waals surface area contributed by atoms with Crippen LogP contribution in [0.5, 0.6) is 11.5 Å². The molecule has 0 saturated heterocycles. The third-order valence-corrected chi connectivity index (χ3v) is 3.89. The summed E-state index contributed by atoms with van der Waals surface area (Å²) in [5.74, 6) is 1.50. The van der Waals surface area contributed by atoms with Gasteiger partial charge < -0.3 is 15.4 Å². The number of ether oxygens (including phenoxy) is 1. The number of carbonyl (C=O) groups excluding carboxylic acids is 1. The summed E-state index contributed by atoms with van der Waals surface area (Å²) in [6.07, 6.45) is 3.41. The lowest BCUT2D eigenvalue weighted by atomic mass is 10.1. The molecule has 1 unspecified atom stereocenters. The summed E-state index contributed by atoms with van der Waals surface area (Å²) < 4.78 is 5.81. The van der Waals surface area contributed by atoms with Gasteiger partial charge in [-0.15, -0.1) is 0 Å². The van der Waals surface area contributed by atoms with Crippen molar-refractivity contribution in [1.82, 2.24) is 10.3 Å². The molecule has 1 aromatic heterocycles. The number of nitrogens with zero attached hydrogens (tertiary/aromatic N) is 1. The topological polar surface area (TPSA) is 63.2 Å². The maximum atomic E-state index is 12.1. The van der Waals surface area contributed by atoms with Gasteiger partial charge in [0.2, 0.25) is 0 Å². The van der Waals surface area contributed by atoms with Crippen LogP contribution in [0.1, 0.15) is 24.1 Å². The van der Waals surface area contributed by atoms with Crippen molar-refractivity contribution in [2.24, 2.45) is 0 Å². The molecule has 2 amide bonds. The monoisotopic (exact) mass is 347 g/mol. The quantitative estimate of drug-likeness (QED) is 0.678. The molecule has 26 heavy (non-hydrogen) atoms. The number of carbonyl (C=O) groups is 1. The molecule has 3 rings (SSSR count). The minimum absolute atomic E-state index is 0.109. The zero-order valence-corrected chi connectivity index (χ0v) is 14.8. The molecule has 1 heterocycles. The van der Waals surface area contributed by atoms with Gasteiger partial charge in [0, 0.05) is 18.1 Å². The second kappa shape index (κ2) is 8.16. The van der Waals surface area contributed by atoms with Gasteiger partial charge in [-0.25, -0.2) is 4.79 Å². The third-order valence-electron chi connectivity index (χ3n) is 3.89. The molecule has 0 aliphatic rings. The summed E-state index contributed by atoms with van der Waals surface area (Å²) in [5.41, 5.74) is 2.83. The van der Waals surface area contributed by atoms with E-state index in [1.807, 2.05) is 74.5 Å². The van der Waals surface area contributed by atoms with Crippen LogP contribution in [0.4, 0.5) is 10.5 Å². The summed E-state index contributed by atoms with van der Waals surface area (Å²) in [4.78, 5) is 16.1. The van der Waals surface area contributed by atoms with Crippen molar-refractivity contribution in [1.29, 1.82) is 0 Å². The molecule has 0 saturated carbocycles. The highest BCUT2D eigenvalue weighted by molar-refractivity contribution is 5.89. The molecule has 2 N–H and O–H groups in total. The van der Waals surface area contributed by atoms with Crippen molar-refractivity contribution in [2.45, 2.75) is 19.9 Å². The summed E-state index contributed by atoms with van der Waals surface area (Å²) in [6, 6.07) is 18.5. The Hall–Kier alpha value is -3.34. The fraction of sp³-hybridized carbons (Fsp3) is 0.143. The van der Waals surface area contributed by atoms with Gasteiger partial charge in [-0.3, -0.25) is 4.98 Å². The molecule has 0 spiro atoms. The second-order valence-electron chi connectivity index (χ2n) is 6.04. The molecule has 0 aliphatic carbocycles. The molecule has 3 aromatic rings. The Morgan fingerprint density at radius 3 is 2.42 bits per heavy atom. The van der Waals surface area contributed by atoms with Gasteiger partial charge in [0.15, 0.2) is 0 Å². The Kier molecular flexibility index (Phi) is 5.49. The van der Waals surface area contributed by atoms with E-state index in [2.05, 4.69) is 15.6 Å². The lowest BCUT2D eigenvalue weighted by Gasteiger charge is -2.15. The van der Waals surface area contributed by atoms with E-state index in [1.54, 1.807) is 12.4 Å². The predicted molar refractivity (Wildman–Crippen MR) is 103 cm³/mol. The highest BCUT2D eigenvalue weighted by Gasteiger charge is 2.09. The van der Waals surface area contributed by atoms with Crippen LogP contribution >= 0.6 is 0 Å². The van der Waals surface area contributed by atoms with Crippen LogP contribution < -0.4 is 15.4 Å². The van der Waals surface area contributed by atoms with E-state index >= 15 is 0 Å². The van der Waals surface area contributed by atoms with Crippen molar-refractivity contribution in [2.75, 3.05) is 5.32 Å². The SMILES string of the molecule is Cc1cccc(Oc2ccc(NC(=O)NC(C)c3ccncc3)cc2)c1. The lowest BCUT2D eigenvalue weighted by Crippen LogP contribution is -2.31. The molecule has 132 valence electrons. The minimum atomic E-state index is -0.262. The average Bonchev–Trinajstić information content (AvgIpc) is 2.64. The van der Waals surface area contributed by atoms with Crippen LogP contribution in [0.25, 0.3) is 0 Å². The van der Waals surface area contributed by atoms with E-state index in [4.69, 9.17) is 4.74 Å². The molecule has 0 radical (unpaired) electrons. The minimum Gasteiger partial charge on any atom is -0.457 e. The van der Waals surface area contributed by atoms with Crippen molar-refractivity contribution < 1.29 is 9.53 Å². The Bertz CT molecular complexity index is 864. The number of pyridine rings is 1.